The summed E-state index contributed by atoms with van der Waals surface area (Å²) in [5.41, 5.74) is 4.85. The molecule has 1 aliphatic rings. The van der Waals surface area contributed by atoms with Crippen LogP contribution >= 0.6 is 0 Å². The van der Waals surface area contributed by atoms with Crippen molar-refractivity contribution in [3.8, 4) is 0 Å². The lowest BCUT2D eigenvalue weighted by atomic mass is 9.99. The molecule has 0 aliphatic carbocycles. The van der Waals surface area contributed by atoms with E-state index >= 15 is 0 Å². The van der Waals surface area contributed by atoms with E-state index in [-0.39, 0.29) is 12.4 Å². The first-order valence-corrected chi connectivity index (χ1v) is 6.20. The number of carbonyl (C=O) groups excluding carboxylic acids is 1. The van der Waals surface area contributed by atoms with Gasteiger partial charge in [0, 0.05) is 6.42 Å². The van der Waals surface area contributed by atoms with E-state index in [1.165, 1.54) is 0 Å². The molecule has 2 rings (SSSR count). The third-order valence-electron chi connectivity index (χ3n) is 2.60. The Labute approximate surface area is 111 Å². The van der Waals surface area contributed by atoms with Crippen LogP contribution < -0.4 is 5.73 Å². The highest BCUT2D eigenvalue weighted by molar-refractivity contribution is 5.70. The standard InChI is InChI=1S/C12H19N3O4/c1-11(2,3)18-9(16)5-4-8-14-10(15-19-8)12(13)6-17-7-12/h4-7,13H2,1-3H3. The highest BCUT2D eigenvalue weighted by atomic mass is 16.6. The fourth-order valence-corrected chi connectivity index (χ4v) is 1.61. The summed E-state index contributed by atoms with van der Waals surface area (Å²) in [5, 5.41) is 3.82. The molecule has 1 aromatic heterocycles. The number of hydrogen-bond acceptors (Lipinski definition) is 7. The van der Waals surface area contributed by atoms with Crippen LogP contribution in [0.4, 0.5) is 0 Å². The fourth-order valence-electron chi connectivity index (χ4n) is 1.61. The van der Waals surface area contributed by atoms with Crippen LogP contribution in [0, 0.1) is 0 Å². The first kappa shape index (κ1) is 14.0. The second-order valence-corrected chi connectivity index (χ2v) is 5.75. The summed E-state index contributed by atoms with van der Waals surface area (Å²) in [7, 11) is 0. The van der Waals surface area contributed by atoms with Crippen LogP contribution in [0.25, 0.3) is 0 Å². The summed E-state index contributed by atoms with van der Waals surface area (Å²) in [6.07, 6.45) is 0.547. The van der Waals surface area contributed by atoms with Crippen molar-refractivity contribution >= 4 is 5.97 Å². The Morgan fingerprint density at radius 2 is 2.16 bits per heavy atom. The van der Waals surface area contributed by atoms with Crippen LogP contribution in [-0.2, 0) is 26.2 Å². The second kappa shape index (κ2) is 4.90. The zero-order chi connectivity index (χ0) is 14.1. The lowest BCUT2D eigenvalue weighted by Gasteiger charge is -2.34. The molecule has 0 amide bonds. The predicted molar refractivity (Wildman–Crippen MR) is 65.1 cm³/mol. The summed E-state index contributed by atoms with van der Waals surface area (Å²) >= 11 is 0. The number of aromatic nitrogens is 2. The van der Waals surface area contributed by atoms with E-state index in [1.807, 2.05) is 20.8 Å². The van der Waals surface area contributed by atoms with Crippen LogP contribution in [0.2, 0.25) is 0 Å². The van der Waals surface area contributed by atoms with Crippen LogP contribution in [0.15, 0.2) is 4.52 Å². The average molecular weight is 269 g/mol. The molecule has 106 valence electrons. The van der Waals surface area contributed by atoms with Crippen molar-refractivity contribution in [1.29, 1.82) is 0 Å². The van der Waals surface area contributed by atoms with Gasteiger partial charge in [-0.1, -0.05) is 5.16 Å². The van der Waals surface area contributed by atoms with Crippen LogP contribution in [-0.4, -0.2) is 34.9 Å². The van der Waals surface area contributed by atoms with Crippen LogP contribution in [0.1, 0.15) is 38.9 Å². The van der Waals surface area contributed by atoms with Gasteiger partial charge in [0.15, 0.2) is 5.82 Å². The van der Waals surface area contributed by atoms with Crippen LogP contribution in [0.3, 0.4) is 0 Å². The lowest BCUT2D eigenvalue weighted by Crippen LogP contribution is -2.55. The maximum atomic E-state index is 11.5. The molecule has 0 unspecified atom stereocenters. The summed E-state index contributed by atoms with van der Waals surface area (Å²) in [6.45, 7) is 6.25. The van der Waals surface area contributed by atoms with Crippen molar-refractivity contribution in [2.24, 2.45) is 5.73 Å². The number of carbonyl (C=O) groups is 1. The molecule has 2 heterocycles. The SMILES string of the molecule is CC(C)(C)OC(=O)CCc1nc(C2(N)COC2)no1. The molecule has 7 nitrogen and oxygen atoms in total. The number of esters is 1. The van der Waals surface area contributed by atoms with Gasteiger partial charge in [0.2, 0.25) is 5.89 Å². The first-order valence-electron chi connectivity index (χ1n) is 6.20. The van der Waals surface area contributed by atoms with Crippen molar-refractivity contribution in [3.63, 3.8) is 0 Å². The van der Waals surface area contributed by atoms with Gasteiger partial charge in [-0.25, -0.2) is 0 Å². The summed E-state index contributed by atoms with van der Waals surface area (Å²) in [6, 6.07) is 0. The van der Waals surface area contributed by atoms with E-state index in [2.05, 4.69) is 10.1 Å². The van der Waals surface area contributed by atoms with E-state index < -0.39 is 11.1 Å². The Kier molecular flexibility index (Phi) is 3.60. The molecule has 1 aliphatic heterocycles. The lowest BCUT2D eigenvalue weighted by molar-refractivity contribution is -0.154. The van der Waals surface area contributed by atoms with E-state index in [0.717, 1.165) is 0 Å². The summed E-state index contributed by atoms with van der Waals surface area (Å²) in [4.78, 5) is 15.7. The highest BCUT2D eigenvalue weighted by Crippen LogP contribution is 2.24. The Hall–Kier alpha value is -1.47. The second-order valence-electron chi connectivity index (χ2n) is 5.75. The van der Waals surface area contributed by atoms with E-state index in [9.17, 15) is 4.79 Å². The van der Waals surface area contributed by atoms with E-state index in [0.29, 0.717) is 31.3 Å². The minimum atomic E-state index is -0.645. The van der Waals surface area contributed by atoms with E-state index in [1.54, 1.807) is 0 Å². The van der Waals surface area contributed by atoms with Gasteiger partial charge in [-0.2, -0.15) is 4.98 Å². The zero-order valence-corrected chi connectivity index (χ0v) is 11.4. The molecule has 0 spiro atoms. The van der Waals surface area contributed by atoms with Crippen molar-refractivity contribution in [3.05, 3.63) is 11.7 Å². The van der Waals surface area contributed by atoms with Crippen molar-refractivity contribution < 1.29 is 18.8 Å². The maximum absolute atomic E-state index is 11.5. The molecule has 0 atom stereocenters. The van der Waals surface area contributed by atoms with Crippen molar-refractivity contribution in [2.45, 2.75) is 44.8 Å². The van der Waals surface area contributed by atoms with Crippen LogP contribution in [0.5, 0.6) is 0 Å². The van der Waals surface area contributed by atoms with Crippen molar-refractivity contribution in [2.75, 3.05) is 13.2 Å². The molecule has 1 fully saturated rings. The number of hydrogen-bond donors (Lipinski definition) is 1. The quantitative estimate of drug-likeness (QED) is 0.795. The molecule has 1 saturated heterocycles. The Balaban J connectivity index is 1.85. The van der Waals surface area contributed by atoms with Gasteiger partial charge in [-0.05, 0) is 20.8 Å². The Morgan fingerprint density at radius 3 is 2.68 bits per heavy atom. The minimum Gasteiger partial charge on any atom is -0.460 e. The predicted octanol–water partition coefficient (Wildman–Crippen LogP) is 0.528. The number of ether oxygens (including phenoxy) is 2. The zero-order valence-electron chi connectivity index (χ0n) is 11.4. The molecular formula is C12H19N3O4. The van der Waals surface area contributed by atoms with Gasteiger partial charge in [0.05, 0.1) is 19.6 Å². The number of nitrogens with two attached hydrogens (primary N) is 1. The van der Waals surface area contributed by atoms with Crippen molar-refractivity contribution in [1.82, 2.24) is 10.1 Å². The topological polar surface area (TPSA) is 100 Å². The van der Waals surface area contributed by atoms with Gasteiger partial charge >= 0.3 is 5.97 Å². The Morgan fingerprint density at radius 1 is 1.47 bits per heavy atom. The third kappa shape index (κ3) is 3.51. The van der Waals surface area contributed by atoms with Gasteiger partial charge in [-0.15, -0.1) is 0 Å². The van der Waals surface area contributed by atoms with Gasteiger partial charge in [-0.3, -0.25) is 4.79 Å². The first-order chi connectivity index (χ1) is 8.78. The molecule has 1 aromatic rings. The molecule has 0 radical (unpaired) electrons. The molecular weight excluding hydrogens is 250 g/mol. The number of aryl methyl sites for hydroxylation is 1. The summed E-state index contributed by atoms with van der Waals surface area (Å²) < 4.78 is 15.3. The number of rotatable bonds is 4. The molecule has 19 heavy (non-hydrogen) atoms. The largest absolute Gasteiger partial charge is 0.460 e. The molecule has 0 aromatic carbocycles. The third-order valence-corrected chi connectivity index (χ3v) is 2.60. The molecule has 2 N–H and O–H groups in total. The monoisotopic (exact) mass is 269 g/mol. The normalized spacial score (nSPS) is 17.9. The summed E-state index contributed by atoms with van der Waals surface area (Å²) in [5.74, 6) is 0.525. The smallest absolute Gasteiger partial charge is 0.306 e. The van der Waals surface area contributed by atoms with Gasteiger partial charge < -0.3 is 19.7 Å². The molecule has 7 heteroatoms. The van der Waals surface area contributed by atoms with E-state index in [4.69, 9.17) is 19.7 Å². The van der Waals surface area contributed by atoms with Gasteiger partial charge in [0.25, 0.3) is 0 Å². The van der Waals surface area contributed by atoms with Gasteiger partial charge in [0.1, 0.15) is 11.1 Å². The molecule has 0 bridgehead atoms. The molecule has 0 saturated carbocycles. The average Bonchev–Trinajstić information content (AvgIpc) is 2.69. The minimum absolute atomic E-state index is 0.201. The number of nitrogens with zero attached hydrogens (tertiary/aromatic N) is 2. The Bertz CT molecular complexity index is 460. The maximum Gasteiger partial charge on any atom is 0.306 e. The highest BCUT2D eigenvalue weighted by Gasteiger charge is 2.40. The fraction of sp³-hybridized carbons (Fsp3) is 0.750.